The summed E-state index contributed by atoms with van der Waals surface area (Å²) in [7, 11) is 0. The van der Waals surface area contributed by atoms with Gasteiger partial charge in [0.1, 0.15) is 6.61 Å². The molecule has 13 heavy (non-hydrogen) atoms. The molecule has 0 spiro atoms. The summed E-state index contributed by atoms with van der Waals surface area (Å²) in [5.41, 5.74) is 0.417. The Morgan fingerprint density at radius 1 is 1.69 bits per heavy atom. The number of aliphatic hydroxyl groups is 1. The van der Waals surface area contributed by atoms with Crippen LogP contribution in [0.25, 0.3) is 0 Å². The molecule has 0 rings (SSSR count). The summed E-state index contributed by atoms with van der Waals surface area (Å²) in [5, 5.41) is 8.84. The number of rotatable bonds is 6. The molecule has 1 atom stereocenters. The Kier molecular flexibility index (Phi) is 5.89. The molecule has 0 aromatic heterocycles. The van der Waals surface area contributed by atoms with Gasteiger partial charge in [-0.25, -0.2) is 4.79 Å². The average Bonchev–Trinajstić information content (AvgIpc) is 2.10. The lowest BCUT2D eigenvalue weighted by Crippen LogP contribution is -2.16. The minimum atomic E-state index is -0.629. The van der Waals surface area contributed by atoms with E-state index in [1.54, 1.807) is 13.0 Å². The van der Waals surface area contributed by atoms with Crippen molar-refractivity contribution in [3.05, 3.63) is 24.8 Å². The van der Waals surface area contributed by atoms with E-state index in [1.165, 1.54) is 0 Å². The number of hydrogen-bond acceptors (Lipinski definition) is 3. The highest BCUT2D eigenvalue weighted by atomic mass is 16.5. The number of carbonyl (C=O) groups is 1. The second kappa shape index (κ2) is 6.43. The standard InChI is InChI=1S/C10H16O3/c1-4-5-6-8(2)10(12)13-7-9(3)11/h4,9,11H,1-2,5-7H2,3H3. The van der Waals surface area contributed by atoms with E-state index >= 15 is 0 Å². The van der Waals surface area contributed by atoms with Gasteiger partial charge in [-0.3, -0.25) is 0 Å². The Morgan fingerprint density at radius 2 is 2.31 bits per heavy atom. The monoisotopic (exact) mass is 184 g/mol. The van der Waals surface area contributed by atoms with Crippen LogP contribution < -0.4 is 0 Å². The number of aliphatic hydroxyl groups excluding tert-OH is 1. The second-order valence-corrected chi connectivity index (χ2v) is 2.88. The van der Waals surface area contributed by atoms with Crippen molar-refractivity contribution in [2.45, 2.75) is 25.9 Å². The van der Waals surface area contributed by atoms with Gasteiger partial charge < -0.3 is 9.84 Å². The molecule has 0 saturated carbocycles. The van der Waals surface area contributed by atoms with Crippen LogP contribution in [0, 0.1) is 0 Å². The van der Waals surface area contributed by atoms with E-state index in [-0.39, 0.29) is 6.61 Å². The van der Waals surface area contributed by atoms with Crippen molar-refractivity contribution in [3.63, 3.8) is 0 Å². The van der Waals surface area contributed by atoms with Gasteiger partial charge in [-0.15, -0.1) is 6.58 Å². The zero-order chi connectivity index (χ0) is 10.3. The lowest BCUT2D eigenvalue weighted by molar-refractivity contribution is -0.141. The van der Waals surface area contributed by atoms with Crippen LogP contribution in [0.2, 0.25) is 0 Å². The van der Waals surface area contributed by atoms with Gasteiger partial charge >= 0.3 is 5.97 Å². The Bertz CT molecular complexity index is 194. The van der Waals surface area contributed by atoms with E-state index in [4.69, 9.17) is 9.84 Å². The maximum Gasteiger partial charge on any atom is 0.333 e. The van der Waals surface area contributed by atoms with Crippen molar-refractivity contribution in [1.82, 2.24) is 0 Å². The number of ether oxygens (including phenoxy) is 1. The fraction of sp³-hybridized carbons (Fsp3) is 0.500. The van der Waals surface area contributed by atoms with Gasteiger partial charge in [0.25, 0.3) is 0 Å². The van der Waals surface area contributed by atoms with E-state index in [0.717, 1.165) is 0 Å². The summed E-state index contributed by atoms with van der Waals surface area (Å²) in [4.78, 5) is 11.1. The first kappa shape index (κ1) is 11.9. The zero-order valence-corrected chi connectivity index (χ0v) is 7.95. The molecule has 3 heteroatoms. The highest BCUT2D eigenvalue weighted by Gasteiger charge is 2.08. The van der Waals surface area contributed by atoms with Crippen molar-refractivity contribution < 1.29 is 14.6 Å². The third-order valence-corrected chi connectivity index (χ3v) is 1.39. The molecular formula is C10H16O3. The van der Waals surface area contributed by atoms with E-state index in [0.29, 0.717) is 18.4 Å². The molecule has 0 aliphatic heterocycles. The van der Waals surface area contributed by atoms with Gasteiger partial charge in [0.15, 0.2) is 0 Å². The molecular weight excluding hydrogens is 168 g/mol. The second-order valence-electron chi connectivity index (χ2n) is 2.88. The lowest BCUT2D eigenvalue weighted by atomic mass is 10.2. The molecule has 3 nitrogen and oxygen atoms in total. The summed E-state index contributed by atoms with van der Waals surface area (Å²) >= 11 is 0. The number of allylic oxidation sites excluding steroid dienone is 1. The van der Waals surface area contributed by atoms with E-state index in [2.05, 4.69) is 13.2 Å². The molecule has 0 fully saturated rings. The molecule has 0 radical (unpaired) electrons. The van der Waals surface area contributed by atoms with Crippen LogP contribution >= 0.6 is 0 Å². The molecule has 0 saturated heterocycles. The van der Waals surface area contributed by atoms with Crippen LogP contribution in [0.1, 0.15) is 19.8 Å². The first-order valence-corrected chi connectivity index (χ1v) is 4.21. The average molecular weight is 184 g/mol. The highest BCUT2D eigenvalue weighted by molar-refractivity contribution is 5.87. The van der Waals surface area contributed by atoms with Crippen LogP contribution in [0.15, 0.2) is 24.8 Å². The van der Waals surface area contributed by atoms with Crippen molar-refractivity contribution in [1.29, 1.82) is 0 Å². The van der Waals surface area contributed by atoms with Gasteiger partial charge in [-0.1, -0.05) is 12.7 Å². The third kappa shape index (κ3) is 6.11. The molecule has 0 aromatic rings. The topological polar surface area (TPSA) is 46.5 Å². The van der Waals surface area contributed by atoms with Crippen LogP contribution in [0.3, 0.4) is 0 Å². The fourth-order valence-electron chi connectivity index (χ4n) is 0.677. The molecule has 1 N–H and O–H groups in total. The molecule has 1 unspecified atom stereocenters. The Morgan fingerprint density at radius 3 is 2.77 bits per heavy atom. The van der Waals surface area contributed by atoms with E-state index < -0.39 is 12.1 Å². The largest absolute Gasteiger partial charge is 0.460 e. The number of carbonyl (C=O) groups excluding carboxylic acids is 1. The van der Waals surface area contributed by atoms with Crippen LogP contribution in [-0.2, 0) is 9.53 Å². The molecule has 0 bridgehead atoms. The molecule has 0 amide bonds. The van der Waals surface area contributed by atoms with Crippen molar-refractivity contribution in [2.24, 2.45) is 0 Å². The van der Waals surface area contributed by atoms with E-state index in [1.807, 2.05) is 0 Å². The quantitative estimate of drug-likeness (QED) is 0.386. The normalized spacial score (nSPS) is 11.8. The van der Waals surface area contributed by atoms with Crippen molar-refractivity contribution in [2.75, 3.05) is 6.61 Å². The van der Waals surface area contributed by atoms with E-state index in [9.17, 15) is 4.79 Å². The molecule has 0 aliphatic carbocycles. The van der Waals surface area contributed by atoms with Crippen LogP contribution in [0.4, 0.5) is 0 Å². The van der Waals surface area contributed by atoms with Crippen LogP contribution in [0.5, 0.6) is 0 Å². The third-order valence-electron chi connectivity index (χ3n) is 1.39. The first-order chi connectivity index (χ1) is 6.07. The maximum absolute atomic E-state index is 11.1. The maximum atomic E-state index is 11.1. The molecule has 74 valence electrons. The predicted molar refractivity (Wildman–Crippen MR) is 51.2 cm³/mol. The van der Waals surface area contributed by atoms with Gasteiger partial charge in [-0.2, -0.15) is 0 Å². The predicted octanol–water partition coefficient (Wildman–Crippen LogP) is 1.43. The Balaban J connectivity index is 3.69. The summed E-state index contributed by atoms with van der Waals surface area (Å²) in [6.45, 7) is 8.67. The molecule has 0 aliphatic rings. The van der Waals surface area contributed by atoms with Crippen molar-refractivity contribution >= 4 is 5.97 Å². The van der Waals surface area contributed by atoms with Crippen LogP contribution in [-0.4, -0.2) is 23.8 Å². The smallest absolute Gasteiger partial charge is 0.333 e. The fourth-order valence-corrected chi connectivity index (χ4v) is 0.677. The van der Waals surface area contributed by atoms with Gasteiger partial charge in [0.05, 0.1) is 6.10 Å². The summed E-state index contributed by atoms with van der Waals surface area (Å²) in [6.07, 6.45) is 2.36. The summed E-state index contributed by atoms with van der Waals surface area (Å²) in [5.74, 6) is -0.442. The van der Waals surface area contributed by atoms with Crippen molar-refractivity contribution in [3.8, 4) is 0 Å². The summed E-state index contributed by atoms with van der Waals surface area (Å²) < 4.78 is 4.74. The highest BCUT2D eigenvalue weighted by Crippen LogP contribution is 2.05. The molecule has 0 aromatic carbocycles. The SMILES string of the molecule is C=CCCC(=C)C(=O)OCC(C)O. The molecule has 0 heterocycles. The summed E-state index contributed by atoms with van der Waals surface area (Å²) in [6, 6.07) is 0. The number of esters is 1. The first-order valence-electron chi connectivity index (χ1n) is 4.21. The zero-order valence-electron chi connectivity index (χ0n) is 7.95. The minimum absolute atomic E-state index is 0.0198. The number of hydrogen-bond donors (Lipinski definition) is 1. The Hall–Kier alpha value is -1.09. The Labute approximate surface area is 78.7 Å². The minimum Gasteiger partial charge on any atom is -0.460 e. The van der Waals surface area contributed by atoms with Gasteiger partial charge in [0.2, 0.25) is 0 Å². The lowest BCUT2D eigenvalue weighted by Gasteiger charge is -2.07. The van der Waals surface area contributed by atoms with Gasteiger partial charge in [-0.05, 0) is 19.8 Å². The van der Waals surface area contributed by atoms with Gasteiger partial charge in [0, 0.05) is 5.57 Å².